The van der Waals surface area contributed by atoms with Gasteiger partial charge in [-0.3, -0.25) is 0 Å². The van der Waals surface area contributed by atoms with Crippen LogP contribution in [0.15, 0.2) is 0 Å². The molecule has 1 saturated carbocycles. The van der Waals surface area contributed by atoms with Crippen LogP contribution < -0.4 is 0 Å². The predicted octanol–water partition coefficient (Wildman–Crippen LogP) is 3.62. The van der Waals surface area contributed by atoms with E-state index < -0.39 is 12.9 Å². The summed E-state index contributed by atoms with van der Waals surface area (Å²) in [5, 5.41) is 10.3. The second kappa shape index (κ2) is 10.6. The zero-order valence-corrected chi connectivity index (χ0v) is 19.5. The second-order valence-electron chi connectivity index (χ2n) is 8.60. The third-order valence-electron chi connectivity index (χ3n) is 5.23. The number of aliphatic hydroxyl groups excluding tert-OH is 1. The van der Waals surface area contributed by atoms with Crippen molar-refractivity contribution in [2.24, 2.45) is 11.8 Å². The van der Waals surface area contributed by atoms with E-state index >= 15 is 0 Å². The first kappa shape index (κ1) is 24.6. The summed E-state index contributed by atoms with van der Waals surface area (Å²) in [5.41, 5.74) is 0. The van der Waals surface area contributed by atoms with Crippen molar-refractivity contribution < 1.29 is 33.3 Å². The molecule has 2 aliphatic rings. The van der Waals surface area contributed by atoms with E-state index in [1.165, 1.54) is 0 Å². The second-order valence-corrected chi connectivity index (χ2v) is 12.6. The summed E-state index contributed by atoms with van der Waals surface area (Å²) in [5.74, 6) is -0.234. The number of hydrogen-bond donors (Lipinski definition) is 2. The Balaban J connectivity index is 1.92. The van der Waals surface area contributed by atoms with Crippen molar-refractivity contribution in [1.29, 1.82) is 0 Å². The third-order valence-corrected chi connectivity index (χ3v) is 8.67. The predicted molar refractivity (Wildman–Crippen MR) is 110 cm³/mol. The molecular weight excluding hydrogens is 403 g/mol. The largest absolute Gasteiger partial charge is 0.392 e. The van der Waals surface area contributed by atoms with Gasteiger partial charge in [-0.25, -0.2) is 4.57 Å². The maximum absolute atomic E-state index is 12.7. The first-order valence-corrected chi connectivity index (χ1v) is 13.3. The van der Waals surface area contributed by atoms with Gasteiger partial charge in [0.2, 0.25) is 0 Å². The van der Waals surface area contributed by atoms with Crippen LogP contribution >= 0.6 is 18.2 Å². The number of hydrogen-bond acceptors (Lipinski definition) is 7. The average molecular weight is 441 g/mol. The summed E-state index contributed by atoms with van der Waals surface area (Å²) < 4.78 is 35.5. The lowest BCUT2D eigenvalue weighted by atomic mass is 10.0. The monoisotopic (exact) mass is 440 g/mol. The van der Waals surface area contributed by atoms with E-state index in [9.17, 15) is 14.6 Å². The maximum atomic E-state index is 12.7. The molecule has 1 saturated heterocycles. The van der Waals surface area contributed by atoms with Gasteiger partial charge >= 0.3 is 6.80 Å². The molecule has 0 aromatic rings. The van der Waals surface area contributed by atoms with Crippen molar-refractivity contribution in [2.45, 2.75) is 96.3 Å². The smallest absolute Gasteiger partial charge is 0.386 e. The molecule has 2 fully saturated rings. The van der Waals surface area contributed by atoms with Gasteiger partial charge in [-0.1, -0.05) is 6.92 Å². The zero-order chi connectivity index (χ0) is 21.1. The van der Waals surface area contributed by atoms with Gasteiger partial charge in [0.1, 0.15) is 0 Å². The molecule has 2 rings (SSSR count). The van der Waals surface area contributed by atoms with Crippen LogP contribution in [0.1, 0.15) is 54.4 Å². The van der Waals surface area contributed by atoms with Crippen LogP contribution in [-0.2, 0) is 23.3 Å². The Kier molecular flexibility index (Phi) is 9.30. The Morgan fingerprint density at radius 2 is 1.82 bits per heavy atom. The molecule has 0 aromatic carbocycles. The topological polar surface area (TPSA) is 94.5 Å². The maximum Gasteiger partial charge on any atom is 0.386 e. The van der Waals surface area contributed by atoms with Crippen molar-refractivity contribution in [1.82, 2.24) is 0 Å². The average Bonchev–Trinajstić information content (AvgIpc) is 3.02. The quantitative estimate of drug-likeness (QED) is 0.498. The Labute approximate surface area is 173 Å². The highest BCUT2D eigenvalue weighted by atomic mass is 32.7. The molecule has 1 heterocycles. The van der Waals surface area contributed by atoms with Crippen LogP contribution in [0.25, 0.3) is 0 Å². The lowest BCUT2D eigenvalue weighted by Gasteiger charge is -2.26. The molecule has 0 aromatic heterocycles. The molecule has 2 N–H and O–H groups in total. The fourth-order valence-corrected chi connectivity index (χ4v) is 7.34. The van der Waals surface area contributed by atoms with Gasteiger partial charge in [0.25, 0.3) is 0 Å². The van der Waals surface area contributed by atoms with Crippen LogP contribution in [0.3, 0.4) is 0 Å². The van der Waals surface area contributed by atoms with Gasteiger partial charge in [0.15, 0.2) is 0 Å². The van der Waals surface area contributed by atoms with E-state index in [4.69, 9.17) is 18.7 Å². The van der Waals surface area contributed by atoms with E-state index in [1.807, 2.05) is 41.5 Å². The summed E-state index contributed by atoms with van der Waals surface area (Å²) in [4.78, 5) is 10.4. The molecule has 8 unspecified atom stereocenters. The first-order chi connectivity index (χ1) is 13.0. The molecule has 7 nitrogen and oxygen atoms in total. The lowest BCUT2D eigenvalue weighted by Crippen LogP contribution is -2.32. The highest BCUT2D eigenvalue weighted by molar-refractivity contribution is 8.55. The van der Waals surface area contributed by atoms with E-state index in [0.29, 0.717) is 13.0 Å². The lowest BCUT2D eigenvalue weighted by molar-refractivity contribution is -0.0435. The fraction of sp³-hybridized carbons (Fsp3) is 1.00. The summed E-state index contributed by atoms with van der Waals surface area (Å²) in [6.45, 7) is 8.20. The Morgan fingerprint density at radius 3 is 2.43 bits per heavy atom. The number of rotatable bonds is 10. The van der Waals surface area contributed by atoms with E-state index in [-0.39, 0.29) is 54.2 Å². The minimum absolute atomic E-state index is 0.0000371. The van der Waals surface area contributed by atoms with Crippen molar-refractivity contribution in [3.63, 3.8) is 0 Å². The molecule has 28 heavy (non-hydrogen) atoms. The molecule has 1 aliphatic carbocycles. The Morgan fingerprint density at radius 1 is 1.14 bits per heavy atom. The van der Waals surface area contributed by atoms with Gasteiger partial charge < -0.3 is 28.7 Å². The van der Waals surface area contributed by atoms with Crippen LogP contribution in [0.2, 0.25) is 0 Å². The molecule has 8 atom stereocenters. The van der Waals surface area contributed by atoms with Gasteiger partial charge in [-0.2, -0.15) is 0 Å². The number of aliphatic hydroxyl groups is 1. The summed E-state index contributed by atoms with van der Waals surface area (Å²) in [6, 6.07) is 0. The highest BCUT2D eigenvalue weighted by Gasteiger charge is 2.44. The summed E-state index contributed by atoms with van der Waals surface area (Å²) >= 11 is 0.935. The van der Waals surface area contributed by atoms with Gasteiger partial charge in [-0.15, -0.1) is 0 Å². The molecule has 166 valence electrons. The highest BCUT2D eigenvalue weighted by Crippen LogP contribution is 2.60. The fourth-order valence-electron chi connectivity index (χ4n) is 3.88. The first-order valence-electron chi connectivity index (χ1n) is 10.2. The van der Waals surface area contributed by atoms with Crippen LogP contribution in [0.5, 0.6) is 0 Å². The Hall–Kier alpha value is 0.340. The zero-order valence-electron chi connectivity index (χ0n) is 17.8. The molecule has 1 aliphatic heterocycles. The molecule has 0 radical (unpaired) electrons. The molecule has 0 bridgehead atoms. The standard InChI is InChI=1S/C19H37O7PS/c1-11(2)23-10-17-18(8-14(6)26-17)28-27(21,22)24-9-15-16(25-12(3)4)7-13(5)19(15)20/h11-20H,7-10H2,1-6H3,(H,21,22). The van der Waals surface area contributed by atoms with E-state index in [2.05, 4.69) is 0 Å². The summed E-state index contributed by atoms with van der Waals surface area (Å²) in [6.07, 6.45) is 0.504. The van der Waals surface area contributed by atoms with Crippen LogP contribution in [0.4, 0.5) is 0 Å². The van der Waals surface area contributed by atoms with Crippen molar-refractivity contribution in [3.05, 3.63) is 0 Å². The number of ether oxygens (including phenoxy) is 3. The van der Waals surface area contributed by atoms with Gasteiger partial charge in [0, 0.05) is 11.2 Å². The molecule has 0 amide bonds. The SMILES string of the molecule is CC(C)OCC1OC(C)CC1SP(=O)(O)OCC1C(OC(C)C)CC(C)C1O. The minimum atomic E-state index is -3.90. The third kappa shape index (κ3) is 7.24. The molecular formula is C19H37O7PS. The van der Waals surface area contributed by atoms with Gasteiger partial charge in [-0.05, 0) is 64.8 Å². The molecule has 0 spiro atoms. The Bertz CT molecular complexity index is 530. The van der Waals surface area contributed by atoms with Crippen molar-refractivity contribution >= 4 is 18.2 Å². The van der Waals surface area contributed by atoms with Crippen molar-refractivity contribution in [2.75, 3.05) is 13.2 Å². The van der Waals surface area contributed by atoms with Crippen LogP contribution in [-0.4, -0.2) is 65.1 Å². The van der Waals surface area contributed by atoms with Crippen molar-refractivity contribution in [3.8, 4) is 0 Å². The van der Waals surface area contributed by atoms with Crippen LogP contribution in [0, 0.1) is 11.8 Å². The molecule has 9 heteroatoms. The minimum Gasteiger partial charge on any atom is -0.392 e. The van der Waals surface area contributed by atoms with Gasteiger partial charge in [0.05, 0.1) is 49.8 Å². The summed E-state index contributed by atoms with van der Waals surface area (Å²) in [7, 11) is 0. The normalized spacial score (nSPS) is 38.4. The van der Waals surface area contributed by atoms with E-state index in [1.54, 1.807) is 0 Å². The van der Waals surface area contributed by atoms with E-state index in [0.717, 1.165) is 17.8 Å².